The summed E-state index contributed by atoms with van der Waals surface area (Å²) in [6.07, 6.45) is 6.32. The molecule has 0 bridgehead atoms. The zero-order valence-electron chi connectivity index (χ0n) is 13.2. The van der Waals surface area contributed by atoms with E-state index in [1.807, 2.05) is 22.7 Å². The average molecular weight is 368 g/mol. The van der Waals surface area contributed by atoms with E-state index in [1.165, 1.54) is 6.08 Å². The summed E-state index contributed by atoms with van der Waals surface area (Å²) in [5.74, 6) is 0.690. The maximum absolute atomic E-state index is 11.8. The van der Waals surface area contributed by atoms with Gasteiger partial charge in [0.2, 0.25) is 0 Å². The van der Waals surface area contributed by atoms with E-state index in [0.29, 0.717) is 6.54 Å². The van der Waals surface area contributed by atoms with Gasteiger partial charge in [0.05, 0.1) is 5.03 Å². The molecular weight excluding hydrogens is 350 g/mol. The lowest BCUT2D eigenvalue weighted by Gasteiger charge is -2.10. The molecule has 0 N–H and O–H groups in total. The highest BCUT2D eigenvalue weighted by Crippen LogP contribution is 2.21. The van der Waals surface area contributed by atoms with Gasteiger partial charge in [0.25, 0.3) is 5.91 Å². The number of nitrogens with zero attached hydrogens (tertiary/aromatic N) is 3. The number of amides is 2. The molecule has 0 unspecified atom stereocenters. The number of aromatic nitrogens is 2. The van der Waals surface area contributed by atoms with E-state index in [4.69, 9.17) is 4.74 Å². The van der Waals surface area contributed by atoms with Crippen LogP contribution in [-0.4, -0.2) is 38.6 Å². The normalized spacial score (nSPS) is 15.9. The van der Waals surface area contributed by atoms with Gasteiger partial charge < -0.3 is 4.74 Å². The van der Waals surface area contributed by atoms with Crippen LogP contribution in [-0.2, 0) is 9.53 Å². The monoisotopic (exact) mass is 367 g/mol. The van der Waals surface area contributed by atoms with Gasteiger partial charge >= 0.3 is 6.09 Å². The lowest BCUT2D eigenvalue weighted by molar-refractivity contribution is -0.123. The number of pyridine rings is 1. The summed E-state index contributed by atoms with van der Waals surface area (Å²) in [5, 5.41) is 1.13. The van der Waals surface area contributed by atoms with Gasteiger partial charge in [-0.1, -0.05) is 6.07 Å². The lowest BCUT2D eigenvalue weighted by atomic mass is 10.3. The molecule has 24 heavy (non-hydrogen) atoms. The van der Waals surface area contributed by atoms with Crippen LogP contribution in [0.2, 0.25) is 0 Å². The Labute approximate surface area is 150 Å². The van der Waals surface area contributed by atoms with Gasteiger partial charge in [0.1, 0.15) is 5.65 Å². The Morgan fingerprint density at radius 1 is 1.29 bits per heavy atom. The van der Waals surface area contributed by atoms with Gasteiger partial charge in [-0.25, -0.2) is 14.7 Å². The van der Waals surface area contributed by atoms with Crippen molar-refractivity contribution in [2.75, 3.05) is 12.3 Å². The number of hydrogen-bond acceptors (Lipinski definition) is 5. The topological polar surface area (TPSA) is 63.9 Å². The molecular formula is C16H18ClN3O3S. The van der Waals surface area contributed by atoms with E-state index in [2.05, 4.69) is 11.1 Å². The van der Waals surface area contributed by atoms with Gasteiger partial charge in [0, 0.05) is 18.9 Å². The molecule has 8 heteroatoms. The Hall–Kier alpha value is -1.99. The highest BCUT2D eigenvalue weighted by Gasteiger charge is 2.35. The van der Waals surface area contributed by atoms with E-state index >= 15 is 0 Å². The first kappa shape index (κ1) is 18.4. The summed E-state index contributed by atoms with van der Waals surface area (Å²) >= 11 is 1.74. The minimum atomic E-state index is -0.570. The number of allylic oxidation sites excluding steroid dienone is 1. The third-order valence-corrected chi connectivity index (χ3v) is 4.67. The molecule has 1 saturated heterocycles. The molecule has 6 nitrogen and oxygen atoms in total. The second kappa shape index (κ2) is 8.21. The van der Waals surface area contributed by atoms with E-state index in [1.54, 1.807) is 24.9 Å². The maximum Gasteiger partial charge on any atom is 0.422 e. The number of hydrogen-bond donors (Lipinski definition) is 0. The van der Waals surface area contributed by atoms with Crippen molar-refractivity contribution in [2.24, 2.45) is 0 Å². The first-order chi connectivity index (χ1) is 11.2. The standard InChI is InChI=1S/C16H17N3O3S.ClH/c1-2-12-15(20)19(16(21)22-12)9-3-4-11-23-14-7-5-6-13-17-8-10-18(13)14;/h2,5-8,10H,3-4,9,11H2,1H3;1H/b12-2-;. The van der Waals surface area contributed by atoms with Crippen LogP contribution in [0, 0.1) is 0 Å². The van der Waals surface area contributed by atoms with Crippen LogP contribution < -0.4 is 0 Å². The Morgan fingerprint density at radius 2 is 2.12 bits per heavy atom. The highest BCUT2D eigenvalue weighted by atomic mass is 35.5. The van der Waals surface area contributed by atoms with Gasteiger partial charge in [-0.3, -0.25) is 9.20 Å². The largest absolute Gasteiger partial charge is 0.422 e. The summed E-state index contributed by atoms with van der Waals surface area (Å²) in [6.45, 7) is 2.07. The van der Waals surface area contributed by atoms with Crippen LogP contribution in [0.15, 0.2) is 47.5 Å². The number of thioether (sulfide) groups is 1. The van der Waals surface area contributed by atoms with Crippen molar-refractivity contribution in [3.8, 4) is 0 Å². The molecule has 0 spiro atoms. The van der Waals surface area contributed by atoms with E-state index < -0.39 is 6.09 Å². The van der Waals surface area contributed by atoms with Crippen molar-refractivity contribution in [1.29, 1.82) is 0 Å². The van der Waals surface area contributed by atoms with E-state index in [-0.39, 0.29) is 24.1 Å². The molecule has 0 radical (unpaired) electrons. The summed E-state index contributed by atoms with van der Waals surface area (Å²) < 4.78 is 6.93. The molecule has 2 aromatic heterocycles. The first-order valence-electron chi connectivity index (χ1n) is 7.45. The fraction of sp³-hybridized carbons (Fsp3) is 0.312. The summed E-state index contributed by atoms with van der Waals surface area (Å²) in [5.41, 5.74) is 0.930. The second-order valence-electron chi connectivity index (χ2n) is 5.05. The van der Waals surface area contributed by atoms with Crippen molar-refractivity contribution in [2.45, 2.75) is 24.8 Å². The van der Waals surface area contributed by atoms with Crippen molar-refractivity contribution < 1.29 is 14.3 Å². The molecule has 0 aromatic carbocycles. The average Bonchev–Trinajstić information content (AvgIpc) is 3.13. The minimum Gasteiger partial charge on any atom is -0.404 e. The van der Waals surface area contributed by atoms with Crippen molar-refractivity contribution in [3.05, 3.63) is 42.4 Å². The van der Waals surface area contributed by atoms with E-state index in [0.717, 1.165) is 34.2 Å². The van der Waals surface area contributed by atoms with Crippen molar-refractivity contribution in [3.63, 3.8) is 0 Å². The predicted octanol–water partition coefficient (Wildman–Crippen LogP) is 3.51. The summed E-state index contributed by atoms with van der Waals surface area (Å²) in [4.78, 5) is 28.8. The molecule has 0 aliphatic carbocycles. The molecule has 1 aliphatic heterocycles. The number of halogens is 1. The quantitative estimate of drug-likeness (QED) is 0.444. The molecule has 1 fully saturated rings. The number of ether oxygens (including phenoxy) is 1. The Balaban J connectivity index is 0.00000208. The van der Waals surface area contributed by atoms with Crippen LogP contribution in [0.4, 0.5) is 4.79 Å². The number of fused-ring (bicyclic) bond motifs is 1. The molecule has 2 aromatic rings. The smallest absolute Gasteiger partial charge is 0.404 e. The Bertz CT molecular complexity index is 775. The molecule has 3 heterocycles. The molecule has 0 atom stereocenters. The van der Waals surface area contributed by atoms with Gasteiger partial charge in [-0.05, 0) is 43.7 Å². The van der Waals surface area contributed by atoms with Crippen molar-refractivity contribution in [1.82, 2.24) is 14.3 Å². The van der Waals surface area contributed by atoms with Crippen molar-refractivity contribution >= 4 is 41.8 Å². The van der Waals surface area contributed by atoms with Crippen LogP contribution in [0.5, 0.6) is 0 Å². The molecule has 3 rings (SSSR count). The van der Waals surface area contributed by atoms with Crippen LogP contribution in [0.25, 0.3) is 5.65 Å². The second-order valence-corrected chi connectivity index (χ2v) is 6.17. The number of imidazole rings is 1. The predicted molar refractivity (Wildman–Crippen MR) is 94.3 cm³/mol. The molecule has 2 amide bonds. The van der Waals surface area contributed by atoms with Crippen LogP contribution in [0.1, 0.15) is 19.8 Å². The number of carbonyl (C=O) groups is 2. The fourth-order valence-corrected chi connectivity index (χ4v) is 3.40. The SMILES string of the molecule is C/C=C1\OC(=O)N(CCCCSc2cccc3nccn23)C1=O.Cl. The molecule has 1 aliphatic rings. The first-order valence-corrected chi connectivity index (χ1v) is 8.44. The Kier molecular flexibility index (Phi) is 6.28. The minimum absolute atomic E-state index is 0. The number of unbranched alkanes of at least 4 members (excludes halogenated alkanes) is 1. The van der Waals surface area contributed by atoms with Gasteiger partial charge in [0.15, 0.2) is 5.76 Å². The number of cyclic esters (lactones) is 1. The summed E-state index contributed by atoms with van der Waals surface area (Å²) in [6, 6.07) is 6.01. The van der Waals surface area contributed by atoms with E-state index in [9.17, 15) is 9.59 Å². The van der Waals surface area contributed by atoms with Crippen LogP contribution >= 0.6 is 24.2 Å². The number of carbonyl (C=O) groups excluding carboxylic acids is 2. The number of rotatable bonds is 6. The van der Waals surface area contributed by atoms with Gasteiger partial charge in [-0.15, -0.1) is 24.2 Å². The lowest BCUT2D eigenvalue weighted by Crippen LogP contribution is -2.29. The maximum atomic E-state index is 11.8. The van der Waals surface area contributed by atoms with Gasteiger partial charge in [-0.2, -0.15) is 0 Å². The third kappa shape index (κ3) is 3.73. The summed E-state index contributed by atoms with van der Waals surface area (Å²) in [7, 11) is 0. The fourth-order valence-electron chi connectivity index (χ4n) is 2.37. The molecule has 128 valence electrons. The Morgan fingerprint density at radius 3 is 2.88 bits per heavy atom. The number of imide groups is 1. The third-order valence-electron chi connectivity index (χ3n) is 3.55. The molecule has 0 saturated carbocycles. The zero-order chi connectivity index (χ0) is 16.2. The highest BCUT2D eigenvalue weighted by molar-refractivity contribution is 7.99. The van der Waals surface area contributed by atoms with Crippen LogP contribution in [0.3, 0.4) is 0 Å². The zero-order valence-corrected chi connectivity index (χ0v) is 14.8.